The highest BCUT2D eigenvalue weighted by Gasteiger charge is 2.08. The number of imidazole rings is 1. The van der Waals surface area contributed by atoms with Gasteiger partial charge in [-0.3, -0.25) is 14.5 Å². The number of aromatic amines is 1. The number of aromatic nitrogens is 4. The average Bonchev–Trinajstić information content (AvgIpc) is 2.76. The fraction of sp³-hybridized carbons (Fsp3) is 0.154. The largest absolute Gasteiger partial charge is 0.395 e. The topological polar surface area (TPSA) is 83.8 Å². The molecule has 0 atom stereocenters. The first-order valence-electron chi connectivity index (χ1n) is 5.89. The van der Waals surface area contributed by atoms with Crippen LogP contribution in [0.4, 0.5) is 0 Å². The Kier molecular flexibility index (Phi) is 2.85. The fourth-order valence-electron chi connectivity index (χ4n) is 2.06. The van der Waals surface area contributed by atoms with E-state index in [1.807, 2.05) is 18.2 Å². The molecule has 6 nitrogen and oxygen atoms in total. The molecule has 3 aromatic rings. The minimum atomic E-state index is -0.261. The smallest absolute Gasteiger partial charge is 0.327 e. The number of pyridine rings is 2. The predicted octanol–water partition coefficient (Wildman–Crippen LogP) is 0.779. The molecule has 3 heterocycles. The summed E-state index contributed by atoms with van der Waals surface area (Å²) in [6.07, 6.45) is 5.12. The second-order valence-electron chi connectivity index (χ2n) is 4.13. The molecule has 0 aliphatic rings. The van der Waals surface area contributed by atoms with Gasteiger partial charge in [-0.2, -0.15) is 0 Å². The summed E-state index contributed by atoms with van der Waals surface area (Å²) in [6, 6.07) is 5.64. The number of aliphatic hydroxyl groups excluding tert-OH is 1. The van der Waals surface area contributed by atoms with Crippen LogP contribution in [0.2, 0.25) is 0 Å². The van der Waals surface area contributed by atoms with E-state index >= 15 is 0 Å². The molecule has 3 rings (SSSR count). The molecule has 0 aromatic carbocycles. The van der Waals surface area contributed by atoms with Gasteiger partial charge in [0.2, 0.25) is 0 Å². The number of nitrogens with one attached hydrogen (secondary N) is 1. The maximum absolute atomic E-state index is 11.7. The standard InChI is InChI=1S/C13H12N4O2/c18-6-5-17-11-7-10(9-1-3-14-4-2-9)8-15-12(11)16-13(17)19/h1-4,7-8,18H,5-6H2,(H,15,16,19). The summed E-state index contributed by atoms with van der Waals surface area (Å²) in [4.78, 5) is 22.6. The number of hydrogen-bond donors (Lipinski definition) is 2. The number of fused-ring (bicyclic) bond motifs is 1. The predicted molar refractivity (Wildman–Crippen MR) is 70.7 cm³/mol. The Bertz CT molecular complexity index is 761. The second kappa shape index (κ2) is 4.66. The van der Waals surface area contributed by atoms with Crippen LogP contribution in [0.1, 0.15) is 0 Å². The molecule has 0 bridgehead atoms. The van der Waals surface area contributed by atoms with E-state index in [-0.39, 0.29) is 18.8 Å². The quantitative estimate of drug-likeness (QED) is 0.725. The van der Waals surface area contributed by atoms with Gasteiger partial charge in [-0.1, -0.05) is 0 Å². The van der Waals surface area contributed by atoms with E-state index < -0.39 is 0 Å². The normalized spacial score (nSPS) is 11.0. The van der Waals surface area contributed by atoms with E-state index in [2.05, 4.69) is 15.0 Å². The monoisotopic (exact) mass is 256 g/mol. The molecule has 0 saturated heterocycles. The van der Waals surface area contributed by atoms with Crippen molar-refractivity contribution in [3.8, 4) is 11.1 Å². The highest BCUT2D eigenvalue weighted by Crippen LogP contribution is 2.20. The van der Waals surface area contributed by atoms with Crippen molar-refractivity contribution in [3.63, 3.8) is 0 Å². The van der Waals surface area contributed by atoms with Crippen molar-refractivity contribution in [2.24, 2.45) is 0 Å². The van der Waals surface area contributed by atoms with Crippen molar-refractivity contribution in [2.75, 3.05) is 6.61 Å². The van der Waals surface area contributed by atoms with E-state index in [1.165, 1.54) is 4.57 Å². The molecule has 0 fully saturated rings. The van der Waals surface area contributed by atoms with E-state index in [1.54, 1.807) is 18.6 Å². The zero-order valence-electron chi connectivity index (χ0n) is 10.1. The van der Waals surface area contributed by atoms with Crippen LogP contribution in [-0.2, 0) is 6.54 Å². The minimum Gasteiger partial charge on any atom is -0.395 e. The molecule has 6 heteroatoms. The van der Waals surface area contributed by atoms with Crippen LogP contribution in [0.3, 0.4) is 0 Å². The van der Waals surface area contributed by atoms with Crippen LogP contribution in [0.5, 0.6) is 0 Å². The summed E-state index contributed by atoms with van der Waals surface area (Å²) in [6.45, 7) is 0.159. The first-order valence-corrected chi connectivity index (χ1v) is 5.89. The first kappa shape index (κ1) is 11.6. The maximum atomic E-state index is 11.7. The Morgan fingerprint density at radius 1 is 1.26 bits per heavy atom. The lowest BCUT2D eigenvalue weighted by Gasteiger charge is -2.03. The third-order valence-electron chi connectivity index (χ3n) is 2.97. The van der Waals surface area contributed by atoms with Crippen LogP contribution < -0.4 is 5.69 Å². The van der Waals surface area contributed by atoms with Crippen molar-refractivity contribution in [1.82, 2.24) is 19.5 Å². The second-order valence-corrected chi connectivity index (χ2v) is 4.13. The summed E-state index contributed by atoms with van der Waals surface area (Å²) < 4.78 is 1.48. The lowest BCUT2D eigenvalue weighted by atomic mass is 10.1. The summed E-state index contributed by atoms with van der Waals surface area (Å²) >= 11 is 0. The van der Waals surface area contributed by atoms with Crippen LogP contribution in [0.15, 0.2) is 41.6 Å². The Morgan fingerprint density at radius 2 is 2.05 bits per heavy atom. The molecule has 0 unspecified atom stereocenters. The summed E-state index contributed by atoms with van der Waals surface area (Å²) in [5.41, 5.74) is 2.84. The van der Waals surface area contributed by atoms with Gasteiger partial charge in [0, 0.05) is 24.2 Å². The third-order valence-corrected chi connectivity index (χ3v) is 2.97. The number of H-pyrrole nitrogens is 1. The van der Waals surface area contributed by atoms with Gasteiger partial charge in [-0.25, -0.2) is 9.78 Å². The first-order chi connectivity index (χ1) is 9.29. The molecule has 0 aliphatic heterocycles. The number of hydrogen-bond acceptors (Lipinski definition) is 4. The molecule has 2 N–H and O–H groups in total. The van der Waals surface area contributed by atoms with E-state index in [0.717, 1.165) is 11.1 Å². The van der Waals surface area contributed by atoms with Crippen molar-refractivity contribution < 1.29 is 5.11 Å². The summed E-state index contributed by atoms with van der Waals surface area (Å²) in [5, 5.41) is 9.01. The average molecular weight is 256 g/mol. The van der Waals surface area contributed by atoms with Gasteiger partial charge in [0.15, 0.2) is 5.65 Å². The van der Waals surface area contributed by atoms with Gasteiger partial charge in [0.25, 0.3) is 0 Å². The zero-order chi connectivity index (χ0) is 13.2. The molecule has 96 valence electrons. The van der Waals surface area contributed by atoms with Crippen LogP contribution in [0.25, 0.3) is 22.3 Å². The van der Waals surface area contributed by atoms with Gasteiger partial charge >= 0.3 is 5.69 Å². The number of rotatable bonds is 3. The van der Waals surface area contributed by atoms with Crippen molar-refractivity contribution >= 4 is 11.2 Å². The molecule has 3 aromatic heterocycles. The SMILES string of the molecule is O=c1[nH]c2ncc(-c3ccncc3)cc2n1CCO. The zero-order valence-corrected chi connectivity index (χ0v) is 10.1. The van der Waals surface area contributed by atoms with Gasteiger partial charge in [-0.05, 0) is 23.8 Å². The van der Waals surface area contributed by atoms with E-state index in [9.17, 15) is 4.79 Å². The van der Waals surface area contributed by atoms with E-state index in [0.29, 0.717) is 11.2 Å². The molecule has 0 amide bonds. The minimum absolute atomic E-state index is 0.0909. The summed E-state index contributed by atoms with van der Waals surface area (Å²) in [5.74, 6) is 0. The molecular formula is C13H12N4O2. The van der Waals surface area contributed by atoms with Crippen LogP contribution in [-0.4, -0.2) is 31.2 Å². The Balaban J connectivity index is 2.19. The van der Waals surface area contributed by atoms with Crippen LogP contribution >= 0.6 is 0 Å². The fourth-order valence-corrected chi connectivity index (χ4v) is 2.06. The lowest BCUT2D eigenvalue weighted by molar-refractivity contribution is 0.276. The molecule has 0 spiro atoms. The van der Waals surface area contributed by atoms with Gasteiger partial charge in [0.1, 0.15) is 0 Å². The molecular weight excluding hydrogens is 244 g/mol. The van der Waals surface area contributed by atoms with E-state index in [4.69, 9.17) is 5.11 Å². The molecule has 19 heavy (non-hydrogen) atoms. The molecule has 0 saturated carbocycles. The maximum Gasteiger partial charge on any atom is 0.327 e. The van der Waals surface area contributed by atoms with Gasteiger partial charge in [0.05, 0.1) is 18.7 Å². The molecule has 0 aliphatic carbocycles. The van der Waals surface area contributed by atoms with Crippen LogP contribution in [0, 0.1) is 0 Å². The summed E-state index contributed by atoms with van der Waals surface area (Å²) in [7, 11) is 0. The van der Waals surface area contributed by atoms with Gasteiger partial charge < -0.3 is 5.11 Å². The Hall–Kier alpha value is -2.47. The lowest BCUT2D eigenvalue weighted by Crippen LogP contribution is -2.18. The van der Waals surface area contributed by atoms with Gasteiger partial charge in [-0.15, -0.1) is 0 Å². The third kappa shape index (κ3) is 2.02. The molecule has 0 radical (unpaired) electrons. The van der Waals surface area contributed by atoms with Crippen molar-refractivity contribution in [3.05, 3.63) is 47.3 Å². The van der Waals surface area contributed by atoms with Crippen molar-refractivity contribution in [2.45, 2.75) is 6.54 Å². The van der Waals surface area contributed by atoms with Crippen molar-refractivity contribution in [1.29, 1.82) is 0 Å². The highest BCUT2D eigenvalue weighted by atomic mass is 16.3. The highest BCUT2D eigenvalue weighted by molar-refractivity contribution is 5.78. The number of aliphatic hydroxyl groups is 1. The Morgan fingerprint density at radius 3 is 2.79 bits per heavy atom. The number of nitrogens with zero attached hydrogens (tertiary/aromatic N) is 3. The Labute approximate surface area is 108 Å².